The Hall–Kier alpha value is -1.78. The van der Waals surface area contributed by atoms with Gasteiger partial charge in [0.05, 0.1) is 14.2 Å². The topological polar surface area (TPSA) is 88.5 Å². The van der Waals surface area contributed by atoms with Gasteiger partial charge in [-0.25, -0.2) is 0 Å². The van der Waals surface area contributed by atoms with E-state index in [1.165, 1.54) is 0 Å². The zero-order valence-electron chi connectivity index (χ0n) is 9.69. The Labute approximate surface area is 95.3 Å². The summed E-state index contributed by atoms with van der Waals surface area (Å²) < 4.78 is 10.5. The lowest BCUT2D eigenvalue weighted by Gasteiger charge is -2.09. The van der Waals surface area contributed by atoms with Gasteiger partial charge in [0.15, 0.2) is 11.5 Å². The lowest BCUT2D eigenvalue weighted by molar-refractivity contribution is 0.358. The Bertz CT molecular complexity index is 458. The van der Waals surface area contributed by atoms with Crippen LogP contribution in [-0.4, -0.2) is 14.2 Å². The number of methoxy groups -OCH3 is 2. The molecule has 0 unspecified atom stereocenters. The molecule has 0 spiro atoms. The maximum atomic E-state index is 5.32. The van der Waals surface area contributed by atoms with Crippen LogP contribution < -0.4 is 21.8 Å². The molecule has 0 aliphatic carbocycles. The van der Waals surface area contributed by atoms with Crippen LogP contribution in [0.3, 0.4) is 0 Å². The van der Waals surface area contributed by atoms with Crippen LogP contribution in [0.2, 0.25) is 0 Å². The minimum atomic E-state index is 0. The zero-order chi connectivity index (χ0) is 9.97. The molecule has 0 saturated heterocycles. The molecule has 0 bridgehead atoms. The number of rotatable bonds is 2. The van der Waals surface area contributed by atoms with Gasteiger partial charge in [-0.1, -0.05) is 30.3 Å². The van der Waals surface area contributed by atoms with Crippen molar-refractivity contribution in [2.75, 3.05) is 14.2 Å². The van der Waals surface area contributed by atoms with Gasteiger partial charge >= 0.3 is 0 Å². The quantitative estimate of drug-likeness (QED) is 0.816. The van der Waals surface area contributed by atoms with E-state index >= 15 is 0 Å². The van der Waals surface area contributed by atoms with Crippen molar-refractivity contribution < 1.29 is 9.47 Å². The minimum absolute atomic E-state index is 0. The molecule has 88 valence electrons. The third-order valence-electron chi connectivity index (χ3n) is 2.27. The van der Waals surface area contributed by atoms with Crippen molar-refractivity contribution in [2.45, 2.75) is 0 Å². The molecule has 0 atom stereocenters. The molecule has 0 radical (unpaired) electrons. The van der Waals surface area contributed by atoms with Crippen LogP contribution in [0.4, 0.5) is 0 Å². The van der Waals surface area contributed by atoms with Crippen LogP contribution in [0.25, 0.3) is 10.8 Å². The second kappa shape index (κ2) is 5.95. The average Bonchev–Trinajstić information content (AvgIpc) is 2.27. The van der Waals surface area contributed by atoms with Crippen molar-refractivity contribution in [3.8, 4) is 11.5 Å². The summed E-state index contributed by atoms with van der Waals surface area (Å²) in [5.41, 5.74) is 0. The molecule has 0 aliphatic rings. The smallest absolute Gasteiger partial charge is 0.168 e. The van der Waals surface area contributed by atoms with Gasteiger partial charge in [0, 0.05) is 5.39 Å². The van der Waals surface area contributed by atoms with E-state index in [0.717, 1.165) is 22.3 Å². The summed E-state index contributed by atoms with van der Waals surface area (Å²) in [6.45, 7) is 0. The Morgan fingerprint density at radius 2 is 1.50 bits per heavy atom. The lowest BCUT2D eigenvalue weighted by Crippen LogP contribution is -1.90. The van der Waals surface area contributed by atoms with Crippen molar-refractivity contribution >= 4 is 10.8 Å². The predicted molar refractivity (Wildman–Crippen MR) is 67.1 cm³/mol. The van der Waals surface area contributed by atoms with Crippen molar-refractivity contribution in [2.24, 2.45) is 0 Å². The third kappa shape index (κ3) is 2.24. The molecule has 0 aliphatic heterocycles. The molecule has 0 saturated carbocycles. The molecule has 2 aromatic carbocycles. The van der Waals surface area contributed by atoms with E-state index in [-0.39, 0.29) is 12.3 Å². The number of hydrogen-bond acceptors (Lipinski definition) is 4. The van der Waals surface area contributed by atoms with E-state index in [4.69, 9.17) is 9.47 Å². The summed E-state index contributed by atoms with van der Waals surface area (Å²) in [5.74, 6) is 1.57. The maximum absolute atomic E-state index is 5.32. The standard InChI is InChI=1S/C12H12O2.2H3N/c1-13-11-8-7-9-5-3-4-6-10(9)12(11)14-2;;/h3-8H,1-2H3;2*1H3. The highest BCUT2D eigenvalue weighted by Gasteiger charge is 2.06. The minimum Gasteiger partial charge on any atom is -0.493 e. The maximum Gasteiger partial charge on any atom is 0.168 e. The molecule has 16 heavy (non-hydrogen) atoms. The Balaban J connectivity index is 0.00000112. The molecule has 0 heterocycles. The fourth-order valence-corrected chi connectivity index (χ4v) is 1.59. The first-order chi connectivity index (χ1) is 6.86. The Morgan fingerprint density at radius 1 is 0.812 bits per heavy atom. The van der Waals surface area contributed by atoms with Crippen molar-refractivity contribution in [3.05, 3.63) is 36.4 Å². The molecular weight excluding hydrogens is 204 g/mol. The molecule has 0 fully saturated rings. The summed E-state index contributed by atoms with van der Waals surface area (Å²) in [7, 11) is 3.30. The second-order valence-corrected chi connectivity index (χ2v) is 3.02. The van der Waals surface area contributed by atoms with Gasteiger partial charge in [-0.2, -0.15) is 0 Å². The largest absolute Gasteiger partial charge is 0.493 e. The van der Waals surface area contributed by atoms with Crippen LogP contribution in [0, 0.1) is 0 Å². The lowest BCUT2D eigenvalue weighted by atomic mass is 10.1. The number of benzene rings is 2. The summed E-state index contributed by atoms with van der Waals surface area (Å²) in [6, 6.07) is 12.0. The van der Waals surface area contributed by atoms with Gasteiger partial charge in [0.2, 0.25) is 0 Å². The number of fused-ring (bicyclic) bond motifs is 1. The van der Waals surface area contributed by atoms with Crippen LogP contribution in [-0.2, 0) is 0 Å². The van der Waals surface area contributed by atoms with Crippen LogP contribution in [0.1, 0.15) is 0 Å². The first-order valence-electron chi connectivity index (χ1n) is 4.46. The zero-order valence-corrected chi connectivity index (χ0v) is 9.69. The Kier molecular flexibility index (Phi) is 5.29. The fourth-order valence-electron chi connectivity index (χ4n) is 1.59. The van der Waals surface area contributed by atoms with Gasteiger partial charge < -0.3 is 21.8 Å². The SMILES string of the molecule is COc1ccc2ccccc2c1OC.N.N. The van der Waals surface area contributed by atoms with E-state index < -0.39 is 0 Å². The molecule has 6 N–H and O–H groups in total. The molecule has 4 heteroatoms. The van der Waals surface area contributed by atoms with Gasteiger partial charge in [-0.3, -0.25) is 0 Å². The monoisotopic (exact) mass is 222 g/mol. The summed E-state index contributed by atoms with van der Waals surface area (Å²) >= 11 is 0. The van der Waals surface area contributed by atoms with Gasteiger partial charge in [0.25, 0.3) is 0 Å². The van der Waals surface area contributed by atoms with E-state index in [0.29, 0.717) is 0 Å². The highest BCUT2D eigenvalue weighted by Crippen LogP contribution is 2.34. The average molecular weight is 222 g/mol. The van der Waals surface area contributed by atoms with Crippen molar-refractivity contribution in [1.82, 2.24) is 12.3 Å². The molecule has 0 aromatic heterocycles. The number of ether oxygens (including phenoxy) is 2. The third-order valence-corrected chi connectivity index (χ3v) is 2.27. The van der Waals surface area contributed by atoms with Crippen molar-refractivity contribution in [3.63, 3.8) is 0 Å². The molecule has 0 amide bonds. The van der Waals surface area contributed by atoms with E-state index in [2.05, 4.69) is 6.07 Å². The summed E-state index contributed by atoms with van der Waals surface area (Å²) in [5, 5.41) is 2.24. The molecular formula is C12H18N2O2. The first kappa shape index (κ1) is 14.2. The van der Waals surface area contributed by atoms with Gasteiger partial charge in [-0.05, 0) is 11.5 Å². The van der Waals surface area contributed by atoms with E-state index in [9.17, 15) is 0 Å². The normalized spacial score (nSPS) is 8.88. The molecule has 2 aromatic rings. The first-order valence-corrected chi connectivity index (χ1v) is 4.46. The number of hydrogen-bond donors (Lipinski definition) is 2. The van der Waals surface area contributed by atoms with E-state index in [1.54, 1.807) is 14.2 Å². The predicted octanol–water partition coefficient (Wildman–Crippen LogP) is 3.18. The van der Waals surface area contributed by atoms with Crippen LogP contribution in [0.15, 0.2) is 36.4 Å². The van der Waals surface area contributed by atoms with Gasteiger partial charge in [-0.15, -0.1) is 0 Å². The summed E-state index contributed by atoms with van der Waals surface area (Å²) in [4.78, 5) is 0. The highest BCUT2D eigenvalue weighted by molar-refractivity contribution is 5.90. The summed E-state index contributed by atoms with van der Waals surface area (Å²) in [6.07, 6.45) is 0. The van der Waals surface area contributed by atoms with Crippen LogP contribution >= 0.6 is 0 Å². The van der Waals surface area contributed by atoms with Crippen LogP contribution in [0.5, 0.6) is 11.5 Å². The molecule has 2 rings (SSSR count). The molecule has 4 nitrogen and oxygen atoms in total. The van der Waals surface area contributed by atoms with Crippen molar-refractivity contribution in [1.29, 1.82) is 0 Å². The van der Waals surface area contributed by atoms with E-state index in [1.807, 2.05) is 30.3 Å². The highest BCUT2D eigenvalue weighted by atomic mass is 16.5. The second-order valence-electron chi connectivity index (χ2n) is 3.02. The van der Waals surface area contributed by atoms with Gasteiger partial charge in [0.1, 0.15) is 0 Å². The fraction of sp³-hybridized carbons (Fsp3) is 0.167. The Morgan fingerprint density at radius 3 is 2.12 bits per heavy atom.